The second-order valence-corrected chi connectivity index (χ2v) is 7.67. The number of benzene rings is 2. The average molecular weight is 480 g/mol. The zero-order valence-corrected chi connectivity index (χ0v) is 18.5. The van der Waals surface area contributed by atoms with Crippen molar-refractivity contribution in [1.29, 1.82) is 0 Å². The SMILES string of the molecule is CCCCOC(=O)c1cc2cc(C(F)(F)O[P+](=O)O)ccc2n1C(=O)OCc1ccccc1. The Labute approximate surface area is 188 Å². The van der Waals surface area contributed by atoms with Crippen molar-refractivity contribution >= 4 is 31.2 Å². The highest BCUT2D eigenvalue weighted by Crippen LogP contribution is 2.39. The van der Waals surface area contributed by atoms with Gasteiger partial charge in [-0.05, 0) is 40.8 Å². The number of halogens is 2. The second kappa shape index (κ2) is 10.6. The smallest absolute Gasteiger partial charge is 0.461 e. The summed E-state index contributed by atoms with van der Waals surface area (Å²) in [6.07, 6.45) is -3.57. The topological polar surface area (TPSA) is 104 Å². The monoisotopic (exact) mass is 480 g/mol. The summed E-state index contributed by atoms with van der Waals surface area (Å²) in [4.78, 5) is 34.2. The molecule has 3 aromatic rings. The fraction of sp³-hybridized carbons (Fsp3) is 0.273. The lowest BCUT2D eigenvalue weighted by Gasteiger charge is -2.11. The van der Waals surface area contributed by atoms with Gasteiger partial charge in [0, 0.05) is 9.95 Å². The largest absolute Gasteiger partial charge is 0.701 e. The van der Waals surface area contributed by atoms with E-state index in [1.165, 1.54) is 12.1 Å². The third kappa shape index (κ3) is 5.98. The lowest BCUT2D eigenvalue weighted by atomic mass is 10.1. The molecule has 174 valence electrons. The molecule has 1 atom stereocenters. The van der Waals surface area contributed by atoms with Gasteiger partial charge < -0.3 is 9.47 Å². The summed E-state index contributed by atoms with van der Waals surface area (Å²) < 4.78 is 54.2. The summed E-state index contributed by atoms with van der Waals surface area (Å²) >= 11 is 0. The van der Waals surface area contributed by atoms with Crippen LogP contribution in [-0.4, -0.2) is 28.1 Å². The molecule has 1 unspecified atom stereocenters. The first kappa shape index (κ1) is 24.4. The fourth-order valence-electron chi connectivity index (χ4n) is 3.06. The van der Waals surface area contributed by atoms with Gasteiger partial charge >= 0.3 is 26.4 Å². The van der Waals surface area contributed by atoms with Gasteiger partial charge in [-0.1, -0.05) is 43.7 Å². The third-order valence-corrected chi connectivity index (χ3v) is 5.04. The molecule has 0 fully saturated rings. The van der Waals surface area contributed by atoms with Gasteiger partial charge in [0.25, 0.3) is 0 Å². The molecule has 1 N–H and O–H groups in total. The van der Waals surface area contributed by atoms with E-state index >= 15 is 0 Å². The molecule has 1 heterocycles. The summed E-state index contributed by atoms with van der Waals surface area (Å²) in [5.41, 5.74) is -0.100. The van der Waals surface area contributed by atoms with Gasteiger partial charge in [-0.15, -0.1) is 4.89 Å². The third-order valence-electron chi connectivity index (χ3n) is 4.66. The summed E-state index contributed by atoms with van der Waals surface area (Å²) in [7, 11) is -3.57. The van der Waals surface area contributed by atoms with Crippen LogP contribution < -0.4 is 0 Å². The Morgan fingerprint density at radius 1 is 1.09 bits per heavy atom. The fourth-order valence-corrected chi connectivity index (χ4v) is 3.36. The molecule has 0 spiro atoms. The number of carbonyl (C=O) groups excluding carboxylic acids is 2. The van der Waals surface area contributed by atoms with E-state index < -0.39 is 32.0 Å². The zero-order valence-electron chi connectivity index (χ0n) is 17.6. The predicted molar refractivity (Wildman–Crippen MR) is 114 cm³/mol. The van der Waals surface area contributed by atoms with Gasteiger partial charge in [0.15, 0.2) is 0 Å². The number of esters is 1. The molecule has 0 aliphatic rings. The first-order chi connectivity index (χ1) is 15.7. The van der Waals surface area contributed by atoms with Crippen molar-refractivity contribution in [2.75, 3.05) is 6.61 Å². The molecule has 2 aromatic carbocycles. The van der Waals surface area contributed by atoms with Crippen LogP contribution in [0.4, 0.5) is 13.6 Å². The van der Waals surface area contributed by atoms with Gasteiger partial charge in [-0.25, -0.2) is 14.2 Å². The number of alkyl halides is 2. The van der Waals surface area contributed by atoms with E-state index in [9.17, 15) is 22.9 Å². The Hall–Kier alpha value is -3.20. The lowest BCUT2D eigenvalue weighted by Crippen LogP contribution is -2.20. The maximum absolute atomic E-state index is 14.1. The molecular formula is C22H21F2NO7P+. The minimum Gasteiger partial charge on any atom is -0.461 e. The molecule has 1 aromatic heterocycles. The van der Waals surface area contributed by atoms with Crippen LogP contribution in [0, 0.1) is 0 Å². The molecule has 3 rings (SSSR count). The molecule has 11 heteroatoms. The van der Waals surface area contributed by atoms with E-state index in [0.29, 0.717) is 12.0 Å². The molecule has 0 saturated carbocycles. The number of unbranched alkanes of at least 4 members (excludes halogenated alkanes) is 1. The van der Waals surface area contributed by atoms with Crippen LogP contribution in [0.3, 0.4) is 0 Å². The zero-order chi connectivity index (χ0) is 24.0. The summed E-state index contributed by atoms with van der Waals surface area (Å²) in [5, 5.41) is 0.0862. The minimum absolute atomic E-state index is 0.0722. The van der Waals surface area contributed by atoms with Gasteiger partial charge in [-0.2, -0.15) is 8.78 Å². The summed E-state index contributed by atoms with van der Waals surface area (Å²) in [5.74, 6) is -0.820. The van der Waals surface area contributed by atoms with E-state index in [1.54, 1.807) is 30.3 Å². The van der Waals surface area contributed by atoms with Crippen LogP contribution in [0.25, 0.3) is 10.9 Å². The van der Waals surface area contributed by atoms with E-state index in [0.717, 1.165) is 23.1 Å². The van der Waals surface area contributed by atoms with Crippen molar-refractivity contribution in [1.82, 2.24) is 4.57 Å². The Morgan fingerprint density at radius 3 is 2.48 bits per heavy atom. The number of rotatable bonds is 9. The Kier molecular flexibility index (Phi) is 7.86. The number of aromatic nitrogens is 1. The molecule has 0 aliphatic heterocycles. The molecular weight excluding hydrogens is 459 g/mol. The van der Waals surface area contributed by atoms with E-state index in [2.05, 4.69) is 4.52 Å². The van der Waals surface area contributed by atoms with Crippen LogP contribution in [-0.2, 0) is 31.3 Å². The molecule has 33 heavy (non-hydrogen) atoms. The van der Waals surface area contributed by atoms with Gasteiger partial charge in [0.1, 0.15) is 12.3 Å². The van der Waals surface area contributed by atoms with Gasteiger partial charge in [0.05, 0.1) is 17.7 Å². The lowest BCUT2D eigenvalue weighted by molar-refractivity contribution is -0.185. The van der Waals surface area contributed by atoms with Crippen LogP contribution in [0.2, 0.25) is 0 Å². The molecule has 0 amide bonds. The van der Waals surface area contributed by atoms with Crippen LogP contribution in [0.5, 0.6) is 0 Å². The van der Waals surface area contributed by atoms with Gasteiger partial charge in [0.2, 0.25) is 0 Å². The molecule has 0 radical (unpaired) electrons. The Balaban J connectivity index is 1.98. The molecule has 0 bridgehead atoms. The van der Waals surface area contributed by atoms with Crippen LogP contribution in [0.1, 0.15) is 41.4 Å². The van der Waals surface area contributed by atoms with Gasteiger partial charge in [-0.3, -0.25) is 0 Å². The van der Waals surface area contributed by atoms with Crippen molar-refractivity contribution in [3.8, 4) is 0 Å². The highest BCUT2D eigenvalue weighted by atomic mass is 31.1. The Bertz CT molecular complexity index is 1160. The minimum atomic E-state index is -4.06. The van der Waals surface area contributed by atoms with Crippen molar-refractivity contribution in [3.05, 3.63) is 71.4 Å². The van der Waals surface area contributed by atoms with Crippen LogP contribution in [0.15, 0.2) is 54.6 Å². The number of carbonyl (C=O) groups is 2. The number of fused-ring (bicyclic) bond motifs is 1. The number of hydrogen-bond acceptors (Lipinski definition) is 6. The summed E-state index contributed by atoms with van der Waals surface area (Å²) in [6.45, 7) is 1.96. The van der Waals surface area contributed by atoms with Crippen molar-refractivity contribution in [3.63, 3.8) is 0 Å². The standard InChI is InChI=1S/C22H20F2NO7P/c1-2-3-11-30-20(26)19-13-16-12-17(22(23,24)32-33(28)29)9-10-18(16)25(19)21(27)31-14-15-7-5-4-6-8-15/h4-10,12-13H,2-3,11,14H2,1H3/p+1. The number of ether oxygens (including phenoxy) is 2. The van der Waals surface area contributed by atoms with Crippen molar-refractivity contribution in [2.45, 2.75) is 32.5 Å². The van der Waals surface area contributed by atoms with E-state index in [1.807, 2.05) is 6.92 Å². The molecule has 8 nitrogen and oxygen atoms in total. The van der Waals surface area contributed by atoms with E-state index in [-0.39, 0.29) is 29.8 Å². The van der Waals surface area contributed by atoms with Crippen LogP contribution >= 0.6 is 8.25 Å². The highest BCUT2D eigenvalue weighted by molar-refractivity contribution is 7.32. The Morgan fingerprint density at radius 2 is 1.82 bits per heavy atom. The first-order valence-electron chi connectivity index (χ1n) is 10.00. The van der Waals surface area contributed by atoms with Crippen molar-refractivity contribution < 1.29 is 41.8 Å². The normalized spacial score (nSPS) is 11.9. The van der Waals surface area contributed by atoms with Crippen molar-refractivity contribution in [2.24, 2.45) is 0 Å². The first-order valence-corrected chi connectivity index (χ1v) is 11.1. The number of hydrogen-bond donors (Lipinski definition) is 1. The average Bonchev–Trinajstić information content (AvgIpc) is 3.16. The quantitative estimate of drug-likeness (QED) is 0.245. The summed E-state index contributed by atoms with van der Waals surface area (Å²) in [6, 6.07) is 13.1. The predicted octanol–water partition coefficient (Wildman–Crippen LogP) is 5.50. The maximum atomic E-state index is 14.1. The molecule has 0 aliphatic carbocycles. The highest BCUT2D eigenvalue weighted by Gasteiger charge is 2.43. The van der Waals surface area contributed by atoms with E-state index in [4.69, 9.17) is 14.4 Å². The number of nitrogens with zero attached hydrogens (tertiary/aromatic N) is 1. The second-order valence-electron chi connectivity index (χ2n) is 7.01. The molecule has 0 saturated heterocycles. The maximum Gasteiger partial charge on any atom is 0.701 e.